The lowest BCUT2D eigenvalue weighted by atomic mass is 10.1. The standard InChI is InChI=1S/C25H28N4O2S/c1-2-18-9-3-5-12-21(18)27-23(30)14-8-16-32-25-29-28-24(31-25)15-7-10-19-17-26-22-13-6-4-11-20(19)22/h3-6,9,11-13,17,26H,2,7-8,10,14-16H2,1H3,(H,27,30). The number of anilines is 1. The van der Waals surface area contributed by atoms with E-state index in [2.05, 4.69) is 51.8 Å². The Kier molecular flexibility index (Phi) is 7.61. The van der Waals surface area contributed by atoms with Gasteiger partial charge in [-0.15, -0.1) is 10.2 Å². The Balaban J connectivity index is 1.16. The van der Waals surface area contributed by atoms with Gasteiger partial charge in [0.05, 0.1) is 0 Å². The molecule has 0 unspecified atom stereocenters. The van der Waals surface area contributed by atoms with Crippen molar-refractivity contribution in [2.24, 2.45) is 0 Å². The first-order chi connectivity index (χ1) is 15.7. The van der Waals surface area contributed by atoms with Gasteiger partial charge in [0.25, 0.3) is 5.22 Å². The summed E-state index contributed by atoms with van der Waals surface area (Å²) in [5.41, 5.74) is 4.54. The zero-order valence-corrected chi connectivity index (χ0v) is 19.1. The molecule has 2 aromatic carbocycles. The first-order valence-electron chi connectivity index (χ1n) is 11.1. The molecule has 2 N–H and O–H groups in total. The van der Waals surface area contributed by atoms with Gasteiger partial charge >= 0.3 is 0 Å². The van der Waals surface area contributed by atoms with Crippen molar-refractivity contribution in [3.8, 4) is 0 Å². The minimum atomic E-state index is 0.0370. The van der Waals surface area contributed by atoms with Gasteiger partial charge in [0, 0.05) is 41.4 Å². The Bertz CT molecular complexity index is 1170. The van der Waals surface area contributed by atoms with Crippen LogP contribution in [0.5, 0.6) is 0 Å². The normalized spacial score (nSPS) is 11.2. The number of thioether (sulfide) groups is 1. The van der Waals surface area contributed by atoms with Crippen molar-refractivity contribution in [1.82, 2.24) is 15.2 Å². The van der Waals surface area contributed by atoms with Crippen molar-refractivity contribution in [3.63, 3.8) is 0 Å². The molecule has 6 nitrogen and oxygen atoms in total. The highest BCUT2D eigenvalue weighted by Crippen LogP contribution is 2.22. The molecular weight excluding hydrogens is 420 g/mol. The van der Waals surface area contributed by atoms with Crippen LogP contribution in [0.1, 0.15) is 43.2 Å². The summed E-state index contributed by atoms with van der Waals surface area (Å²) < 4.78 is 5.76. The fourth-order valence-electron chi connectivity index (χ4n) is 3.72. The number of carbonyl (C=O) groups is 1. The molecule has 4 rings (SSSR count). The van der Waals surface area contributed by atoms with E-state index >= 15 is 0 Å². The van der Waals surface area contributed by atoms with Crippen molar-refractivity contribution in [2.75, 3.05) is 11.1 Å². The van der Waals surface area contributed by atoms with Gasteiger partial charge in [-0.3, -0.25) is 4.79 Å². The van der Waals surface area contributed by atoms with Crippen LogP contribution in [0.2, 0.25) is 0 Å². The highest BCUT2D eigenvalue weighted by atomic mass is 32.2. The molecule has 0 bridgehead atoms. The van der Waals surface area contributed by atoms with Crippen LogP contribution in [0, 0.1) is 0 Å². The molecule has 1 amide bonds. The number of rotatable bonds is 11. The summed E-state index contributed by atoms with van der Waals surface area (Å²) in [5, 5.41) is 13.1. The average molecular weight is 449 g/mol. The molecule has 7 heteroatoms. The van der Waals surface area contributed by atoms with Crippen molar-refractivity contribution in [3.05, 3.63) is 71.7 Å². The van der Waals surface area contributed by atoms with Crippen LogP contribution < -0.4 is 5.32 Å². The van der Waals surface area contributed by atoms with E-state index in [0.717, 1.165) is 49.1 Å². The van der Waals surface area contributed by atoms with Crippen LogP contribution in [-0.4, -0.2) is 26.8 Å². The summed E-state index contributed by atoms with van der Waals surface area (Å²) in [6, 6.07) is 16.3. The molecule has 0 spiro atoms. The summed E-state index contributed by atoms with van der Waals surface area (Å²) in [5.74, 6) is 1.47. The summed E-state index contributed by atoms with van der Waals surface area (Å²) in [4.78, 5) is 15.5. The Morgan fingerprint density at radius 2 is 1.88 bits per heavy atom. The van der Waals surface area contributed by atoms with Crippen LogP contribution in [-0.2, 0) is 24.1 Å². The second-order valence-electron chi connectivity index (χ2n) is 7.69. The molecule has 32 heavy (non-hydrogen) atoms. The lowest BCUT2D eigenvalue weighted by Gasteiger charge is -2.09. The number of aromatic nitrogens is 3. The number of nitrogens with one attached hydrogen (secondary N) is 2. The molecular formula is C25H28N4O2S. The third kappa shape index (κ3) is 5.79. The molecule has 4 aromatic rings. The number of hydrogen-bond acceptors (Lipinski definition) is 5. The maximum Gasteiger partial charge on any atom is 0.276 e. The van der Waals surface area contributed by atoms with E-state index in [4.69, 9.17) is 4.42 Å². The van der Waals surface area contributed by atoms with Crippen molar-refractivity contribution in [2.45, 2.75) is 50.7 Å². The van der Waals surface area contributed by atoms with Crippen LogP contribution >= 0.6 is 11.8 Å². The van der Waals surface area contributed by atoms with Crippen LogP contribution in [0.25, 0.3) is 10.9 Å². The predicted octanol–water partition coefficient (Wildman–Crippen LogP) is 5.80. The van der Waals surface area contributed by atoms with Crippen LogP contribution in [0.15, 0.2) is 64.4 Å². The topological polar surface area (TPSA) is 83.8 Å². The second kappa shape index (κ2) is 11.0. The Morgan fingerprint density at radius 1 is 1.03 bits per heavy atom. The number of nitrogens with zero attached hydrogens (tertiary/aromatic N) is 2. The Morgan fingerprint density at radius 3 is 2.78 bits per heavy atom. The zero-order chi connectivity index (χ0) is 22.2. The lowest BCUT2D eigenvalue weighted by Crippen LogP contribution is -2.12. The highest BCUT2D eigenvalue weighted by Gasteiger charge is 2.10. The SMILES string of the molecule is CCc1ccccc1NC(=O)CCCSc1nnc(CCCc2c[nH]c3ccccc23)o1. The minimum absolute atomic E-state index is 0.0370. The number of para-hydroxylation sites is 2. The fraction of sp³-hybridized carbons (Fsp3) is 0.320. The summed E-state index contributed by atoms with van der Waals surface area (Å²) >= 11 is 1.51. The number of hydrogen-bond donors (Lipinski definition) is 2. The predicted molar refractivity (Wildman–Crippen MR) is 129 cm³/mol. The van der Waals surface area contributed by atoms with Gasteiger partial charge in [-0.05, 0) is 48.9 Å². The van der Waals surface area contributed by atoms with Crippen molar-refractivity contribution in [1.29, 1.82) is 0 Å². The van der Waals surface area contributed by atoms with Gasteiger partial charge in [0.2, 0.25) is 11.8 Å². The number of aromatic amines is 1. The van der Waals surface area contributed by atoms with E-state index < -0.39 is 0 Å². The minimum Gasteiger partial charge on any atom is -0.416 e. The third-order valence-electron chi connectivity index (χ3n) is 5.41. The molecule has 0 atom stereocenters. The summed E-state index contributed by atoms with van der Waals surface area (Å²) in [6.45, 7) is 2.09. The number of amides is 1. The van der Waals surface area contributed by atoms with Gasteiger partial charge in [-0.25, -0.2) is 0 Å². The van der Waals surface area contributed by atoms with Gasteiger partial charge in [-0.1, -0.05) is 55.1 Å². The molecule has 2 aromatic heterocycles. The van der Waals surface area contributed by atoms with E-state index in [-0.39, 0.29) is 5.91 Å². The summed E-state index contributed by atoms with van der Waals surface area (Å²) in [7, 11) is 0. The first kappa shape index (κ1) is 22.1. The molecule has 0 aliphatic rings. The summed E-state index contributed by atoms with van der Waals surface area (Å²) in [6.07, 6.45) is 6.87. The quantitative estimate of drug-likeness (QED) is 0.224. The second-order valence-corrected chi connectivity index (χ2v) is 8.73. The fourth-order valence-corrected chi connectivity index (χ4v) is 4.44. The number of fused-ring (bicyclic) bond motifs is 1. The monoisotopic (exact) mass is 448 g/mol. The first-order valence-corrected chi connectivity index (χ1v) is 12.1. The van der Waals surface area contributed by atoms with Gasteiger partial charge < -0.3 is 14.7 Å². The number of H-pyrrole nitrogens is 1. The third-order valence-corrected chi connectivity index (χ3v) is 6.31. The van der Waals surface area contributed by atoms with E-state index in [1.54, 1.807) is 0 Å². The van der Waals surface area contributed by atoms with Gasteiger partial charge in [-0.2, -0.15) is 0 Å². The molecule has 0 saturated heterocycles. The van der Waals surface area contributed by atoms with Crippen LogP contribution in [0.4, 0.5) is 5.69 Å². The molecule has 0 aliphatic heterocycles. The van der Waals surface area contributed by atoms with Crippen molar-refractivity contribution < 1.29 is 9.21 Å². The largest absolute Gasteiger partial charge is 0.416 e. The van der Waals surface area contributed by atoms with E-state index in [0.29, 0.717) is 17.5 Å². The molecule has 0 aliphatic carbocycles. The number of benzene rings is 2. The van der Waals surface area contributed by atoms with Crippen LogP contribution in [0.3, 0.4) is 0 Å². The lowest BCUT2D eigenvalue weighted by molar-refractivity contribution is -0.116. The molecule has 0 saturated carbocycles. The number of carbonyl (C=O) groups excluding carboxylic acids is 1. The zero-order valence-electron chi connectivity index (χ0n) is 18.3. The van der Waals surface area contributed by atoms with E-state index in [9.17, 15) is 4.79 Å². The maximum absolute atomic E-state index is 12.2. The average Bonchev–Trinajstić information content (AvgIpc) is 3.44. The molecule has 2 heterocycles. The maximum atomic E-state index is 12.2. The number of aryl methyl sites for hydroxylation is 3. The van der Waals surface area contributed by atoms with Gasteiger partial charge in [0.1, 0.15) is 0 Å². The molecule has 0 fully saturated rings. The molecule has 166 valence electrons. The van der Waals surface area contributed by atoms with E-state index in [1.165, 1.54) is 28.2 Å². The highest BCUT2D eigenvalue weighted by molar-refractivity contribution is 7.99. The van der Waals surface area contributed by atoms with E-state index in [1.807, 2.05) is 30.3 Å². The Hall–Kier alpha value is -3.06. The van der Waals surface area contributed by atoms with Gasteiger partial charge in [0.15, 0.2) is 0 Å². The Labute approximate surface area is 192 Å². The smallest absolute Gasteiger partial charge is 0.276 e. The van der Waals surface area contributed by atoms with Crippen molar-refractivity contribution >= 4 is 34.3 Å². The molecule has 0 radical (unpaired) electrons.